The van der Waals surface area contributed by atoms with Crippen molar-refractivity contribution in [3.63, 3.8) is 0 Å². The van der Waals surface area contributed by atoms with E-state index < -0.39 is 6.10 Å². The third kappa shape index (κ3) is 10.3. The lowest BCUT2D eigenvalue weighted by molar-refractivity contribution is -0.161. The molecule has 2 aromatic carbocycles. The van der Waals surface area contributed by atoms with Gasteiger partial charge in [0.1, 0.15) is 11.9 Å². The van der Waals surface area contributed by atoms with E-state index in [0.717, 1.165) is 48.3 Å². The first-order chi connectivity index (χ1) is 16.5. The summed E-state index contributed by atoms with van der Waals surface area (Å²) in [5.41, 5.74) is 3.22. The van der Waals surface area contributed by atoms with Gasteiger partial charge in [-0.1, -0.05) is 95.2 Å². The standard InChI is InChI=1S/C30H44O4/c1-5-7-9-10-11-13-22-32-25(4)30(31)34-24(3)26-14-16-27(17-15-26)28-18-20-29(21-19-28)33-23-12-8-6-2/h14-21,24-25H,5-13,22-23H2,1-4H3. The Labute approximate surface area is 207 Å². The van der Waals surface area contributed by atoms with Crippen LogP contribution in [0.2, 0.25) is 0 Å². The first-order valence-electron chi connectivity index (χ1n) is 13.2. The minimum atomic E-state index is -0.542. The van der Waals surface area contributed by atoms with E-state index in [1.807, 2.05) is 31.2 Å². The van der Waals surface area contributed by atoms with Crippen LogP contribution in [0, 0.1) is 0 Å². The summed E-state index contributed by atoms with van der Waals surface area (Å²) in [6.07, 6.45) is 9.83. The van der Waals surface area contributed by atoms with E-state index in [1.54, 1.807) is 6.92 Å². The number of carbonyl (C=O) groups is 1. The fourth-order valence-electron chi connectivity index (χ4n) is 3.78. The second-order valence-corrected chi connectivity index (χ2v) is 9.06. The topological polar surface area (TPSA) is 44.8 Å². The highest BCUT2D eigenvalue weighted by Crippen LogP contribution is 2.26. The smallest absolute Gasteiger partial charge is 0.335 e. The molecule has 0 N–H and O–H groups in total. The van der Waals surface area contributed by atoms with Gasteiger partial charge in [0.15, 0.2) is 6.10 Å². The van der Waals surface area contributed by atoms with E-state index in [4.69, 9.17) is 14.2 Å². The Kier molecular flexibility index (Phi) is 13.4. The number of ether oxygens (including phenoxy) is 3. The molecular weight excluding hydrogens is 424 g/mol. The quantitative estimate of drug-likeness (QED) is 0.173. The third-order valence-corrected chi connectivity index (χ3v) is 6.07. The summed E-state index contributed by atoms with van der Waals surface area (Å²) in [6, 6.07) is 16.4. The molecule has 2 unspecified atom stereocenters. The summed E-state index contributed by atoms with van der Waals surface area (Å²) in [6.45, 7) is 9.45. The Morgan fingerprint density at radius 3 is 1.88 bits per heavy atom. The summed E-state index contributed by atoms with van der Waals surface area (Å²) in [7, 11) is 0. The van der Waals surface area contributed by atoms with Crippen LogP contribution in [-0.2, 0) is 14.3 Å². The zero-order valence-corrected chi connectivity index (χ0v) is 21.7. The van der Waals surface area contributed by atoms with Crippen LogP contribution in [0.25, 0.3) is 11.1 Å². The molecule has 0 aromatic heterocycles. The average molecular weight is 469 g/mol. The summed E-state index contributed by atoms with van der Waals surface area (Å²) >= 11 is 0. The summed E-state index contributed by atoms with van der Waals surface area (Å²) in [5, 5.41) is 0. The average Bonchev–Trinajstić information content (AvgIpc) is 2.86. The molecule has 2 atom stereocenters. The van der Waals surface area contributed by atoms with Crippen molar-refractivity contribution < 1.29 is 19.0 Å². The molecular formula is C30H44O4. The van der Waals surface area contributed by atoms with Crippen molar-refractivity contribution in [3.8, 4) is 16.9 Å². The van der Waals surface area contributed by atoms with Gasteiger partial charge in [-0.25, -0.2) is 4.79 Å². The van der Waals surface area contributed by atoms with Gasteiger partial charge in [0.2, 0.25) is 0 Å². The second kappa shape index (κ2) is 16.3. The van der Waals surface area contributed by atoms with Crippen LogP contribution in [-0.4, -0.2) is 25.3 Å². The van der Waals surface area contributed by atoms with Crippen molar-refractivity contribution in [1.82, 2.24) is 0 Å². The maximum absolute atomic E-state index is 12.4. The monoisotopic (exact) mass is 468 g/mol. The SMILES string of the molecule is CCCCCCCCOC(C)C(=O)OC(C)c1ccc(-c2ccc(OCCCCC)cc2)cc1. The first-order valence-corrected chi connectivity index (χ1v) is 13.2. The Morgan fingerprint density at radius 2 is 1.24 bits per heavy atom. The molecule has 0 saturated heterocycles. The fraction of sp³-hybridized carbons (Fsp3) is 0.567. The van der Waals surface area contributed by atoms with Gasteiger partial charge in [-0.15, -0.1) is 0 Å². The van der Waals surface area contributed by atoms with Crippen LogP contribution in [0.15, 0.2) is 48.5 Å². The predicted molar refractivity (Wildman–Crippen MR) is 140 cm³/mol. The number of hydrogen-bond donors (Lipinski definition) is 0. The van der Waals surface area contributed by atoms with E-state index in [9.17, 15) is 4.79 Å². The van der Waals surface area contributed by atoms with Gasteiger partial charge in [-0.2, -0.15) is 0 Å². The Morgan fingerprint density at radius 1 is 0.706 bits per heavy atom. The molecule has 0 spiro atoms. The van der Waals surface area contributed by atoms with Crippen LogP contribution < -0.4 is 4.74 Å². The van der Waals surface area contributed by atoms with E-state index >= 15 is 0 Å². The molecule has 4 nitrogen and oxygen atoms in total. The minimum Gasteiger partial charge on any atom is -0.494 e. The van der Waals surface area contributed by atoms with Crippen LogP contribution in [0.5, 0.6) is 5.75 Å². The molecule has 0 heterocycles. The Balaban J connectivity index is 1.76. The van der Waals surface area contributed by atoms with Gasteiger partial charge in [0.25, 0.3) is 0 Å². The van der Waals surface area contributed by atoms with Crippen molar-refractivity contribution in [2.24, 2.45) is 0 Å². The van der Waals surface area contributed by atoms with Crippen molar-refractivity contribution in [2.75, 3.05) is 13.2 Å². The minimum absolute atomic E-state index is 0.308. The molecule has 34 heavy (non-hydrogen) atoms. The number of hydrogen-bond acceptors (Lipinski definition) is 4. The zero-order valence-electron chi connectivity index (χ0n) is 21.7. The maximum Gasteiger partial charge on any atom is 0.335 e. The molecule has 0 aliphatic rings. The zero-order chi connectivity index (χ0) is 24.6. The van der Waals surface area contributed by atoms with Gasteiger partial charge in [0, 0.05) is 6.61 Å². The first kappa shape index (κ1) is 27.9. The lowest BCUT2D eigenvalue weighted by Crippen LogP contribution is -2.25. The van der Waals surface area contributed by atoms with E-state index in [2.05, 4.69) is 38.1 Å². The van der Waals surface area contributed by atoms with E-state index in [0.29, 0.717) is 6.61 Å². The number of esters is 1. The maximum atomic E-state index is 12.4. The molecule has 0 amide bonds. The highest BCUT2D eigenvalue weighted by Gasteiger charge is 2.19. The number of unbranched alkanes of at least 4 members (excludes halogenated alkanes) is 7. The highest BCUT2D eigenvalue weighted by molar-refractivity contribution is 5.74. The molecule has 0 aliphatic carbocycles. The molecule has 0 bridgehead atoms. The second-order valence-electron chi connectivity index (χ2n) is 9.06. The molecule has 2 rings (SSSR count). The number of rotatable bonds is 17. The summed E-state index contributed by atoms with van der Waals surface area (Å²) in [4.78, 5) is 12.4. The van der Waals surface area contributed by atoms with Crippen molar-refractivity contribution in [3.05, 3.63) is 54.1 Å². The normalized spacial score (nSPS) is 12.8. The van der Waals surface area contributed by atoms with Gasteiger partial charge in [-0.3, -0.25) is 0 Å². The third-order valence-electron chi connectivity index (χ3n) is 6.07. The number of carbonyl (C=O) groups excluding carboxylic acids is 1. The van der Waals surface area contributed by atoms with Crippen LogP contribution >= 0.6 is 0 Å². The van der Waals surface area contributed by atoms with E-state index in [-0.39, 0.29) is 12.1 Å². The van der Waals surface area contributed by atoms with Crippen LogP contribution in [0.4, 0.5) is 0 Å². The Bertz CT molecular complexity index is 798. The molecule has 188 valence electrons. The molecule has 0 fully saturated rings. The van der Waals surface area contributed by atoms with Gasteiger partial charge >= 0.3 is 5.97 Å². The highest BCUT2D eigenvalue weighted by atomic mass is 16.6. The van der Waals surface area contributed by atoms with E-state index in [1.165, 1.54) is 38.5 Å². The lowest BCUT2D eigenvalue weighted by atomic mass is 10.0. The predicted octanol–water partition coefficient (Wildman–Crippen LogP) is 8.29. The molecule has 4 heteroatoms. The molecule has 0 radical (unpaired) electrons. The van der Waals surface area contributed by atoms with Crippen molar-refractivity contribution in [2.45, 2.75) is 97.7 Å². The van der Waals surface area contributed by atoms with Crippen molar-refractivity contribution in [1.29, 1.82) is 0 Å². The summed E-state index contributed by atoms with van der Waals surface area (Å²) < 4.78 is 17.1. The Hall–Kier alpha value is -2.33. The van der Waals surface area contributed by atoms with Crippen LogP contribution in [0.1, 0.15) is 97.1 Å². The van der Waals surface area contributed by atoms with Crippen molar-refractivity contribution >= 4 is 5.97 Å². The molecule has 2 aromatic rings. The van der Waals surface area contributed by atoms with Gasteiger partial charge < -0.3 is 14.2 Å². The number of benzene rings is 2. The molecule has 0 saturated carbocycles. The van der Waals surface area contributed by atoms with Gasteiger partial charge in [-0.05, 0) is 55.5 Å². The largest absolute Gasteiger partial charge is 0.494 e. The van der Waals surface area contributed by atoms with Gasteiger partial charge in [0.05, 0.1) is 6.61 Å². The lowest BCUT2D eigenvalue weighted by Gasteiger charge is -2.18. The van der Waals surface area contributed by atoms with Crippen LogP contribution in [0.3, 0.4) is 0 Å². The fourth-order valence-corrected chi connectivity index (χ4v) is 3.78. The summed E-state index contributed by atoms with van der Waals surface area (Å²) in [5.74, 6) is 0.599. The molecule has 0 aliphatic heterocycles.